The van der Waals surface area contributed by atoms with Crippen LogP contribution in [-0.4, -0.2) is 14.8 Å². The van der Waals surface area contributed by atoms with Crippen molar-refractivity contribution in [2.24, 2.45) is 0 Å². The first kappa shape index (κ1) is 14.6. The maximum Gasteiger partial charge on any atom is 0.226 e. The average molecular weight is 324 g/mol. The number of hydrogen-bond acceptors (Lipinski definition) is 3. The number of allylic oxidation sites excluding steroid dienone is 1. The Bertz CT molecular complexity index is 928. The highest BCUT2D eigenvalue weighted by atomic mass is 19.2. The molecule has 0 saturated carbocycles. The molecular weight excluding hydrogens is 310 g/mol. The Morgan fingerprint density at radius 3 is 2.58 bits per heavy atom. The Hall–Kier alpha value is -3.02. The fourth-order valence-corrected chi connectivity index (χ4v) is 2.77. The van der Waals surface area contributed by atoms with Gasteiger partial charge in [-0.25, -0.2) is 13.5 Å². The van der Waals surface area contributed by atoms with Crippen LogP contribution in [0.4, 0.5) is 14.7 Å². The van der Waals surface area contributed by atoms with Gasteiger partial charge in [0.2, 0.25) is 5.95 Å². The molecule has 4 nitrogen and oxygen atoms in total. The second-order valence-corrected chi connectivity index (χ2v) is 5.72. The van der Waals surface area contributed by atoms with E-state index in [2.05, 4.69) is 15.4 Å². The molecule has 24 heavy (non-hydrogen) atoms. The summed E-state index contributed by atoms with van der Waals surface area (Å²) in [5, 5.41) is 7.37. The van der Waals surface area contributed by atoms with E-state index in [1.807, 2.05) is 37.3 Å². The number of fused-ring (bicyclic) bond motifs is 1. The van der Waals surface area contributed by atoms with Crippen molar-refractivity contribution < 1.29 is 8.78 Å². The van der Waals surface area contributed by atoms with Crippen molar-refractivity contribution in [2.75, 3.05) is 5.32 Å². The zero-order valence-electron chi connectivity index (χ0n) is 12.9. The molecule has 0 radical (unpaired) electrons. The lowest BCUT2D eigenvalue weighted by molar-refractivity contribution is 0.508. The van der Waals surface area contributed by atoms with Crippen LogP contribution in [0, 0.1) is 18.6 Å². The number of benzene rings is 2. The van der Waals surface area contributed by atoms with Gasteiger partial charge in [-0.3, -0.25) is 0 Å². The van der Waals surface area contributed by atoms with Crippen molar-refractivity contribution in [3.8, 4) is 0 Å². The smallest absolute Gasteiger partial charge is 0.226 e. The lowest BCUT2D eigenvalue weighted by atomic mass is 10.0. The summed E-state index contributed by atoms with van der Waals surface area (Å²) < 4.78 is 28.5. The Morgan fingerprint density at radius 2 is 1.83 bits per heavy atom. The molecule has 0 unspecified atom stereocenters. The van der Waals surface area contributed by atoms with Gasteiger partial charge in [-0.2, -0.15) is 10.1 Å². The minimum Gasteiger partial charge on any atom is -0.324 e. The number of nitrogens with zero attached hydrogens (tertiary/aromatic N) is 3. The lowest BCUT2D eigenvalue weighted by Gasteiger charge is -2.24. The van der Waals surface area contributed by atoms with Gasteiger partial charge in [-0.05, 0) is 36.8 Å². The van der Waals surface area contributed by atoms with Crippen LogP contribution in [0.1, 0.15) is 22.7 Å². The molecule has 1 N–H and O–H groups in total. The fraction of sp³-hybridized carbons (Fsp3) is 0.111. The molecule has 0 saturated heterocycles. The van der Waals surface area contributed by atoms with E-state index in [0.29, 0.717) is 17.2 Å². The summed E-state index contributed by atoms with van der Waals surface area (Å²) in [5.74, 6) is -1.19. The summed E-state index contributed by atoms with van der Waals surface area (Å²) >= 11 is 0. The van der Waals surface area contributed by atoms with Crippen LogP contribution in [0.2, 0.25) is 0 Å². The predicted octanol–water partition coefficient (Wildman–Crippen LogP) is 3.92. The van der Waals surface area contributed by atoms with Gasteiger partial charge in [0.15, 0.2) is 11.6 Å². The number of aryl methyl sites for hydroxylation is 1. The summed E-state index contributed by atoms with van der Waals surface area (Å²) in [4.78, 5) is 4.20. The van der Waals surface area contributed by atoms with E-state index in [1.165, 1.54) is 18.5 Å². The Morgan fingerprint density at radius 1 is 1.04 bits per heavy atom. The molecule has 2 aromatic carbocycles. The molecule has 0 spiro atoms. The van der Waals surface area contributed by atoms with Gasteiger partial charge >= 0.3 is 0 Å². The van der Waals surface area contributed by atoms with Crippen LogP contribution < -0.4 is 5.32 Å². The van der Waals surface area contributed by atoms with Crippen LogP contribution in [0.15, 0.2) is 54.9 Å². The fourth-order valence-electron chi connectivity index (χ4n) is 2.77. The highest BCUT2D eigenvalue weighted by Gasteiger charge is 2.23. The molecule has 0 fully saturated rings. The van der Waals surface area contributed by atoms with Gasteiger partial charge in [0.1, 0.15) is 12.4 Å². The normalized spacial score (nSPS) is 16.3. The highest BCUT2D eigenvalue weighted by molar-refractivity contribution is 5.77. The number of aromatic nitrogens is 3. The van der Waals surface area contributed by atoms with Gasteiger partial charge in [-0.15, -0.1) is 0 Å². The van der Waals surface area contributed by atoms with E-state index in [-0.39, 0.29) is 6.04 Å². The van der Waals surface area contributed by atoms with E-state index in [0.717, 1.165) is 17.2 Å². The molecule has 4 rings (SSSR count). The molecule has 1 aliphatic heterocycles. The summed E-state index contributed by atoms with van der Waals surface area (Å²) in [6, 6.07) is 11.8. The summed E-state index contributed by atoms with van der Waals surface area (Å²) in [7, 11) is 0. The van der Waals surface area contributed by atoms with Crippen LogP contribution >= 0.6 is 0 Å². The second kappa shape index (κ2) is 5.56. The number of nitrogens with one attached hydrogen (secondary N) is 1. The van der Waals surface area contributed by atoms with Crippen LogP contribution in [-0.2, 0) is 0 Å². The monoisotopic (exact) mass is 324 g/mol. The van der Waals surface area contributed by atoms with E-state index >= 15 is 0 Å². The summed E-state index contributed by atoms with van der Waals surface area (Å²) in [6.45, 7) is 2.02. The number of hydrogen-bond donors (Lipinski definition) is 1. The Balaban J connectivity index is 1.81. The van der Waals surface area contributed by atoms with Crippen molar-refractivity contribution in [3.63, 3.8) is 0 Å². The Kier molecular flexibility index (Phi) is 3.37. The van der Waals surface area contributed by atoms with Crippen LogP contribution in [0.3, 0.4) is 0 Å². The first-order valence-electron chi connectivity index (χ1n) is 7.52. The molecule has 2 heterocycles. The van der Waals surface area contributed by atoms with Crippen molar-refractivity contribution >= 4 is 11.6 Å². The average Bonchev–Trinajstić information content (AvgIpc) is 3.06. The lowest BCUT2D eigenvalue weighted by Crippen LogP contribution is -2.20. The summed E-state index contributed by atoms with van der Waals surface area (Å²) in [5.41, 5.74) is 3.42. The van der Waals surface area contributed by atoms with Gasteiger partial charge in [0, 0.05) is 11.3 Å². The highest BCUT2D eigenvalue weighted by Crippen LogP contribution is 2.32. The second-order valence-electron chi connectivity index (χ2n) is 5.72. The zero-order chi connectivity index (χ0) is 16.7. The van der Waals surface area contributed by atoms with Crippen molar-refractivity contribution in [2.45, 2.75) is 13.0 Å². The maximum atomic E-state index is 13.6. The van der Waals surface area contributed by atoms with E-state index in [4.69, 9.17) is 0 Å². The topological polar surface area (TPSA) is 42.7 Å². The van der Waals surface area contributed by atoms with E-state index in [9.17, 15) is 8.78 Å². The number of anilines is 1. The molecule has 6 heteroatoms. The zero-order valence-corrected chi connectivity index (χ0v) is 12.9. The van der Waals surface area contributed by atoms with Crippen LogP contribution in [0.5, 0.6) is 0 Å². The summed E-state index contributed by atoms with van der Waals surface area (Å²) in [6.07, 6.45) is 3.39. The first-order valence-corrected chi connectivity index (χ1v) is 7.52. The molecular formula is C18H14F2N4. The van der Waals surface area contributed by atoms with E-state index < -0.39 is 11.6 Å². The minimum absolute atomic E-state index is 0.174. The molecule has 0 aliphatic carbocycles. The third kappa shape index (κ3) is 2.46. The van der Waals surface area contributed by atoms with Gasteiger partial charge in [0.25, 0.3) is 0 Å². The SMILES string of the molecule is Cc1ccc([C@H]2C=C(c3ccc(F)c(F)c3)Nc3ncnn32)cc1. The molecule has 1 aliphatic rings. The largest absolute Gasteiger partial charge is 0.324 e. The van der Waals surface area contributed by atoms with Crippen molar-refractivity contribution in [1.82, 2.24) is 14.8 Å². The van der Waals surface area contributed by atoms with Crippen LogP contribution in [0.25, 0.3) is 5.70 Å². The third-order valence-corrected chi connectivity index (χ3v) is 4.06. The maximum absolute atomic E-state index is 13.6. The molecule has 120 valence electrons. The molecule has 0 amide bonds. The third-order valence-electron chi connectivity index (χ3n) is 4.06. The van der Waals surface area contributed by atoms with Crippen molar-refractivity contribution in [3.05, 3.63) is 83.2 Å². The Labute approximate surface area is 137 Å². The molecule has 3 aromatic rings. The predicted molar refractivity (Wildman–Crippen MR) is 87.3 cm³/mol. The van der Waals surface area contributed by atoms with Gasteiger partial charge < -0.3 is 5.32 Å². The molecule has 1 aromatic heterocycles. The van der Waals surface area contributed by atoms with E-state index in [1.54, 1.807) is 4.68 Å². The first-order chi connectivity index (χ1) is 11.6. The minimum atomic E-state index is -0.880. The molecule has 1 atom stereocenters. The molecule has 0 bridgehead atoms. The number of halogens is 2. The van der Waals surface area contributed by atoms with Gasteiger partial charge in [-0.1, -0.05) is 29.8 Å². The quantitative estimate of drug-likeness (QED) is 0.777. The standard InChI is InChI=1S/C18H14F2N4/c1-11-2-4-12(5-3-11)17-9-16(23-18-21-10-22-24(17)18)13-6-7-14(19)15(20)8-13/h2-10,17H,1H3,(H,21,22,23)/t17-/m1/s1. The van der Waals surface area contributed by atoms with Gasteiger partial charge in [0.05, 0.1) is 0 Å². The number of rotatable bonds is 2. The van der Waals surface area contributed by atoms with Crippen molar-refractivity contribution in [1.29, 1.82) is 0 Å².